The van der Waals surface area contributed by atoms with Gasteiger partial charge in [-0.25, -0.2) is 4.90 Å². The average Bonchev–Trinajstić information content (AvgIpc) is 3.62. The van der Waals surface area contributed by atoms with E-state index < -0.39 is 11.9 Å². The second-order valence-corrected chi connectivity index (χ2v) is 12.6. The number of amides is 3. The van der Waals surface area contributed by atoms with Gasteiger partial charge in [-0.2, -0.15) is 0 Å². The number of halogens is 2. The molecule has 0 spiro atoms. The second kappa shape index (κ2) is 9.48. The maximum Gasteiger partial charge on any atom is 0.316 e. The van der Waals surface area contributed by atoms with Crippen molar-refractivity contribution in [1.82, 2.24) is 0 Å². The Hall–Kier alpha value is -2.72. The smallest absolute Gasteiger partial charge is 0.316 e. The highest BCUT2D eigenvalue weighted by Crippen LogP contribution is 2.60. The van der Waals surface area contributed by atoms with E-state index in [1.54, 1.807) is 61.4 Å². The minimum atomic E-state index is -0.601. The van der Waals surface area contributed by atoms with E-state index in [0.29, 0.717) is 28.4 Å². The number of fused-ring (bicyclic) bond motifs is 5. The summed E-state index contributed by atoms with van der Waals surface area (Å²) in [5, 5.41) is 0. The van der Waals surface area contributed by atoms with Gasteiger partial charge in [0.1, 0.15) is 11.5 Å². The maximum atomic E-state index is 13.4. The molecule has 0 unspecified atom stereocenters. The van der Waals surface area contributed by atoms with Crippen molar-refractivity contribution in [3.63, 3.8) is 0 Å². The standard InChI is InChI=1S/C28H26Br2N2O6/c1-13-9-17(38-28(36)14-10-21(33)31(12-14)15-3-5-16(37-2)6-4-15)7-8-20(13)32-26(34)22-18-11-19(23(22)27(32)35)25(30)24(18)29/h3-9,14,18-19,22-25H,10-12H2,1-2H3/t14-,18-,19-,22-,23+,24-,25+/m1/s1. The molecule has 10 heteroatoms. The number of methoxy groups -OCH3 is 1. The van der Waals surface area contributed by atoms with Crippen LogP contribution in [0.2, 0.25) is 0 Å². The first-order valence-corrected chi connectivity index (χ1v) is 14.5. The molecule has 4 aliphatic rings. The first kappa shape index (κ1) is 25.6. The van der Waals surface area contributed by atoms with Gasteiger partial charge in [0, 0.05) is 28.3 Å². The van der Waals surface area contributed by atoms with Crippen LogP contribution in [0.5, 0.6) is 11.5 Å². The molecular weight excluding hydrogens is 620 g/mol. The van der Waals surface area contributed by atoms with Gasteiger partial charge in [-0.15, -0.1) is 0 Å². The maximum absolute atomic E-state index is 13.4. The van der Waals surface area contributed by atoms with Crippen molar-refractivity contribution in [2.75, 3.05) is 23.5 Å². The molecule has 2 aromatic carbocycles. The van der Waals surface area contributed by atoms with E-state index in [2.05, 4.69) is 31.9 Å². The summed E-state index contributed by atoms with van der Waals surface area (Å²) < 4.78 is 10.8. The highest BCUT2D eigenvalue weighted by Gasteiger charge is 2.66. The molecule has 2 aliphatic carbocycles. The van der Waals surface area contributed by atoms with E-state index in [1.165, 1.54) is 4.90 Å². The molecule has 3 amide bonds. The predicted molar refractivity (Wildman–Crippen MR) is 147 cm³/mol. The molecular formula is C28H26Br2N2O6. The topological polar surface area (TPSA) is 93.2 Å². The molecule has 0 radical (unpaired) electrons. The number of benzene rings is 2. The van der Waals surface area contributed by atoms with Crippen LogP contribution in [0.25, 0.3) is 0 Å². The molecule has 7 atom stereocenters. The molecule has 2 heterocycles. The van der Waals surface area contributed by atoms with E-state index in [0.717, 1.165) is 6.42 Å². The monoisotopic (exact) mass is 644 g/mol. The van der Waals surface area contributed by atoms with Crippen LogP contribution in [0, 0.1) is 36.5 Å². The average molecular weight is 646 g/mol. The van der Waals surface area contributed by atoms with Crippen molar-refractivity contribution < 1.29 is 28.7 Å². The highest BCUT2D eigenvalue weighted by molar-refractivity contribution is 9.12. The van der Waals surface area contributed by atoms with Gasteiger partial charge in [0.2, 0.25) is 17.7 Å². The lowest BCUT2D eigenvalue weighted by atomic mass is 9.81. The van der Waals surface area contributed by atoms with Crippen LogP contribution >= 0.6 is 31.9 Å². The third-order valence-corrected chi connectivity index (χ3v) is 11.7. The van der Waals surface area contributed by atoms with E-state index in [9.17, 15) is 19.2 Å². The number of carbonyl (C=O) groups is 4. The van der Waals surface area contributed by atoms with Crippen molar-refractivity contribution >= 4 is 66.9 Å². The van der Waals surface area contributed by atoms with Gasteiger partial charge in [-0.05, 0) is 73.2 Å². The van der Waals surface area contributed by atoms with Gasteiger partial charge < -0.3 is 14.4 Å². The minimum Gasteiger partial charge on any atom is -0.497 e. The first-order chi connectivity index (χ1) is 18.2. The molecule has 38 heavy (non-hydrogen) atoms. The summed E-state index contributed by atoms with van der Waals surface area (Å²) in [6, 6.07) is 12.0. The van der Waals surface area contributed by atoms with Crippen LogP contribution in [0.1, 0.15) is 18.4 Å². The first-order valence-electron chi connectivity index (χ1n) is 12.6. The van der Waals surface area contributed by atoms with Crippen LogP contribution in [0.3, 0.4) is 0 Å². The molecule has 0 N–H and O–H groups in total. The van der Waals surface area contributed by atoms with E-state index in [-0.39, 0.29) is 64.0 Å². The second-order valence-electron chi connectivity index (χ2n) is 10.5. The van der Waals surface area contributed by atoms with E-state index in [1.807, 2.05) is 0 Å². The number of esters is 1. The zero-order valence-electron chi connectivity index (χ0n) is 20.8. The molecule has 6 rings (SSSR count). The summed E-state index contributed by atoms with van der Waals surface area (Å²) in [6.07, 6.45) is 0.937. The van der Waals surface area contributed by atoms with Gasteiger partial charge in [0.05, 0.1) is 30.6 Å². The number of rotatable bonds is 5. The fourth-order valence-corrected chi connectivity index (χ4v) is 8.48. The number of imide groups is 1. The fraction of sp³-hybridized carbons (Fsp3) is 0.429. The number of alkyl halides is 2. The fourth-order valence-electron chi connectivity index (χ4n) is 6.61. The number of carbonyl (C=O) groups excluding carboxylic acids is 4. The van der Waals surface area contributed by atoms with Crippen molar-refractivity contribution in [3.05, 3.63) is 48.0 Å². The molecule has 2 aliphatic heterocycles. The summed E-state index contributed by atoms with van der Waals surface area (Å²) in [7, 11) is 1.57. The van der Waals surface area contributed by atoms with E-state index in [4.69, 9.17) is 9.47 Å². The lowest BCUT2D eigenvalue weighted by Gasteiger charge is -2.28. The molecule has 2 saturated heterocycles. The van der Waals surface area contributed by atoms with E-state index >= 15 is 0 Å². The Kier molecular flexibility index (Phi) is 6.38. The largest absolute Gasteiger partial charge is 0.497 e. The molecule has 2 bridgehead atoms. The van der Waals surface area contributed by atoms with Gasteiger partial charge in [-0.3, -0.25) is 19.2 Å². The summed E-state index contributed by atoms with van der Waals surface area (Å²) in [6.45, 7) is 2.02. The zero-order chi connectivity index (χ0) is 26.9. The zero-order valence-corrected chi connectivity index (χ0v) is 24.0. The summed E-state index contributed by atoms with van der Waals surface area (Å²) >= 11 is 7.43. The minimum absolute atomic E-state index is 0.0625. The number of anilines is 2. The Bertz CT molecular complexity index is 1320. The Morgan fingerprint density at radius 3 is 2.11 bits per heavy atom. The predicted octanol–water partition coefficient (Wildman–Crippen LogP) is 4.24. The van der Waals surface area contributed by atoms with Gasteiger partial charge >= 0.3 is 5.97 Å². The van der Waals surface area contributed by atoms with Crippen molar-refractivity contribution in [1.29, 1.82) is 0 Å². The molecule has 2 aromatic rings. The van der Waals surface area contributed by atoms with Crippen LogP contribution in [-0.4, -0.2) is 47.0 Å². The Balaban J connectivity index is 1.15. The molecule has 8 nitrogen and oxygen atoms in total. The van der Waals surface area contributed by atoms with Crippen molar-refractivity contribution in [3.8, 4) is 11.5 Å². The number of aryl methyl sites for hydroxylation is 1. The summed E-state index contributed by atoms with van der Waals surface area (Å²) in [5.41, 5.74) is 1.88. The molecule has 2 saturated carbocycles. The third kappa shape index (κ3) is 3.90. The Morgan fingerprint density at radius 2 is 1.53 bits per heavy atom. The van der Waals surface area contributed by atoms with Crippen molar-refractivity contribution in [2.45, 2.75) is 29.4 Å². The molecule has 4 fully saturated rings. The highest BCUT2D eigenvalue weighted by atomic mass is 79.9. The molecule has 198 valence electrons. The van der Waals surface area contributed by atoms with Gasteiger partial charge in [0.15, 0.2) is 0 Å². The van der Waals surface area contributed by atoms with Crippen LogP contribution < -0.4 is 19.3 Å². The lowest BCUT2D eigenvalue weighted by molar-refractivity contribution is -0.139. The summed E-state index contributed by atoms with van der Waals surface area (Å²) in [4.78, 5) is 55.5. The number of hydrogen-bond donors (Lipinski definition) is 0. The van der Waals surface area contributed by atoms with Crippen molar-refractivity contribution in [2.24, 2.45) is 29.6 Å². The number of hydrogen-bond acceptors (Lipinski definition) is 6. The van der Waals surface area contributed by atoms with Crippen LogP contribution in [0.4, 0.5) is 11.4 Å². The Labute approximate surface area is 236 Å². The number of nitrogens with zero attached hydrogens (tertiary/aromatic N) is 2. The van der Waals surface area contributed by atoms with Crippen LogP contribution in [-0.2, 0) is 19.2 Å². The van der Waals surface area contributed by atoms with Crippen LogP contribution in [0.15, 0.2) is 42.5 Å². The molecule has 0 aromatic heterocycles. The normalized spacial score (nSPS) is 31.8. The Morgan fingerprint density at radius 1 is 0.921 bits per heavy atom. The quantitative estimate of drug-likeness (QED) is 0.209. The summed E-state index contributed by atoms with van der Waals surface area (Å²) in [5.74, 6) is -0.846. The number of ether oxygens (including phenoxy) is 2. The van der Waals surface area contributed by atoms with Gasteiger partial charge in [0.25, 0.3) is 0 Å². The lowest BCUT2D eigenvalue weighted by Crippen LogP contribution is -2.37. The SMILES string of the molecule is COc1ccc(N2C[C@H](C(=O)Oc3ccc(N4C(=O)[C@@H]5[C@H]6C[C@@H]([C@H](Br)[C@@H]6Br)[C@@H]5C4=O)c(C)c3)CC2=O)cc1. The third-order valence-electron chi connectivity index (χ3n) is 8.46. The van der Waals surface area contributed by atoms with Gasteiger partial charge in [-0.1, -0.05) is 31.9 Å².